The highest BCUT2D eigenvalue weighted by atomic mass is 35.5. The molecule has 68 valence electrons. The van der Waals surface area contributed by atoms with Gasteiger partial charge in [0.25, 0.3) is 0 Å². The average molecular weight is 200 g/mol. The molecule has 2 atom stereocenters. The maximum absolute atomic E-state index is 10.8. The van der Waals surface area contributed by atoms with Crippen LogP contribution in [0.4, 0.5) is 0 Å². The van der Waals surface area contributed by atoms with E-state index in [4.69, 9.17) is 0 Å². The lowest BCUT2D eigenvalue weighted by Gasteiger charge is -2.34. The summed E-state index contributed by atoms with van der Waals surface area (Å²) in [5.41, 5.74) is 0. The molecule has 5 heteroatoms. The van der Waals surface area contributed by atoms with E-state index in [2.05, 4.69) is 5.32 Å². The largest absolute Gasteiger partial charge is 0.314 e. The molecule has 1 N–H and O–H groups in total. The predicted molar refractivity (Wildman–Crippen MR) is 47.9 cm³/mol. The molecule has 0 aromatic heterocycles. The maximum Gasteiger partial charge on any atom is 0.147 e. The van der Waals surface area contributed by atoms with Gasteiger partial charge in [-0.3, -0.25) is 0 Å². The van der Waals surface area contributed by atoms with E-state index in [0.29, 0.717) is 17.7 Å². The van der Waals surface area contributed by atoms with Gasteiger partial charge in [-0.05, 0) is 6.92 Å². The SMILES string of the molecule is C[C@@H]1NC[C@@H]1CS(C)(=O)=O.Cl. The second kappa shape index (κ2) is 3.74. The molecule has 0 amide bonds. The fourth-order valence-corrected chi connectivity index (χ4v) is 2.30. The zero-order valence-electron chi connectivity index (χ0n) is 6.70. The van der Waals surface area contributed by atoms with E-state index in [1.54, 1.807) is 0 Å². The van der Waals surface area contributed by atoms with Crippen LogP contribution in [0.3, 0.4) is 0 Å². The number of halogens is 1. The zero-order valence-corrected chi connectivity index (χ0v) is 8.33. The summed E-state index contributed by atoms with van der Waals surface area (Å²) in [6, 6.07) is 0.384. The summed E-state index contributed by atoms with van der Waals surface area (Å²) in [4.78, 5) is 0. The molecule has 0 saturated carbocycles. The first-order valence-electron chi connectivity index (χ1n) is 3.40. The molecule has 0 aliphatic carbocycles. The second-order valence-electron chi connectivity index (χ2n) is 3.05. The molecular formula is C6H14ClNO2S. The van der Waals surface area contributed by atoms with Gasteiger partial charge in [-0.15, -0.1) is 12.4 Å². The first kappa shape index (κ1) is 11.2. The quantitative estimate of drug-likeness (QED) is 0.685. The summed E-state index contributed by atoms with van der Waals surface area (Å²) >= 11 is 0. The molecular weight excluding hydrogens is 186 g/mol. The summed E-state index contributed by atoms with van der Waals surface area (Å²) in [5.74, 6) is 0.677. The predicted octanol–water partition coefficient (Wildman–Crippen LogP) is 0.0607. The van der Waals surface area contributed by atoms with Gasteiger partial charge in [0.15, 0.2) is 0 Å². The summed E-state index contributed by atoms with van der Waals surface area (Å²) < 4.78 is 21.5. The second-order valence-corrected chi connectivity index (χ2v) is 5.23. The van der Waals surface area contributed by atoms with Gasteiger partial charge in [0, 0.05) is 24.8 Å². The van der Waals surface area contributed by atoms with Crippen LogP contribution in [0.1, 0.15) is 6.92 Å². The summed E-state index contributed by atoms with van der Waals surface area (Å²) in [5, 5.41) is 3.12. The lowest BCUT2D eigenvalue weighted by molar-refractivity contribution is 0.276. The Balaban J connectivity index is 0.000001000. The van der Waals surface area contributed by atoms with Crippen molar-refractivity contribution in [3.63, 3.8) is 0 Å². The normalized spacial score (nSPS) is 30.4. The molecule has 3 nitrogen and oxygen atoms in total. The Kier molecular flexibility index (Phi) is 3.80. The highest BCUT2D eigenvalue weighted by molar-refractivity contribution is 7.90. The summed E-state index contributed by atoms with van der Waals surface area (Å²) in [7, 11) is -2.76. The fourth-order valence-electron chi connectivity index (χ4n) is 1.11. The Labute approximate surface area is 73.9 Å². The molecule has 0 aromatic carbocycles. The van der Waals surface area contributed by atoms with Crippen molar-refractivity contribution in [1.82, 2.24) is 5.32 Å². The topological polar surface area (TPSA) is 46.2 Å². The van der Waals surface area contributed by atoms with Crippen molar-refractivity contribution in [2.24, 2.45) is 5.92 Å². The first-order chi connectivity index (χ1) is 4.49. The van der Waals surface area contributed by atoms with Crippen LogP contribution in [-0.2, 0) is 9.84 Å². The zero-order chi connectivity index (χ0) is 7.78. The third-order valence-corrected chi connectivity index (χ3v) is 2.96. The number of hydrogen-bond acceptors (Lipinski definition) is 3. The van der Waals surface area contributed by atoms with E-state index in [1.165, 1.54) is 6.26 Å². The van der Waals surface area contributed by atoms with Crippen molar-refractivity contribution in [1.29, 1.82) is 0 Å². The Morgan fingerprint density at radius 1 is 1.55 bits per heavy atom. The average Bonchev–Trinajstić information content (AvgIpc) is 1.78. The third-order valence-electron chi connectivity index (χ3n) is 1.93. The third kappa shape index (κ3) is 3.40. The van der Waals surface area contributed by atoms with Crippen LogP contribution in [0.15, 0.2) is 0 Å². The molecule has 0 bridgehead atoms. The van der Waals surface area contributed by atoms with Crippen molar-refractivity contribution < 1.29 is 8.42 Å². The number of sulfone groups is 1. The van der Waals surface area contributed by atoms with E-state index in [9.17, 15) is 8.42 Å². The molecule has 1 saturated heterocycles. The van der Waals surface area contributed by atoms with Gasteiger partial charge in [0.2, 0.25) is 0 Å². The number of rotatable bonds is 2. The lowest BCUT2D eigenvalue weighted by Crippen LogP contribution is -2.53. The molecule has 11 heavy (non-hydrogen) atoms. The van der Waals surface area contributed by atoms with Gasteiger partial charge < -0.3 is 5.32 Å². The highest BCUT2D eigenvalue weighted by Crippen LogP contribution is 2.13. The van der Waals surface area contributed by atoms with Crippen LogP contribution in [0, 0.1) is 5.92 Å². The molecule has 0 spiro atoms. The van der Waals surface area contributed by atoms with Crippen LogP contribution in [0.5, 0.6) is 0 Å². The minimum atomic E-state index is -2.76. The monoisotopic (exact) mass is 199 g/mol. The highest BCUT2D eigenvalue weighted by Gasteiger charge is 2.28. The standard InChI is InChI=1S/C6H13NO2S.ClH/c1-5-6(3-7-5)4-10(2,8)9;/h5-7H,3-4H2,1-2H3;1H/t5-,6+;/m0./s1. The smallest absolute Gasteiger partial charge is 0.147 e. The van der Waals surface area contributed by atoms with E-state index in [0.717, 1.165) is 6.54 Å². The van der Waals surface area contributed by atoms with Crippen LogP contribution < -0.4 is 5.32 Å². The molecule has 1 heterocycles. The van der Waals surface area contributed by atoms with E-state index in [-0.39, 0.29) is 12.4 Å². The molecule has 1 aliphatic rings. The van der Waals surface area contributed by atoms with Crippen molar-refractivity contribution in [2.75, 3.05) is 18.6 Å². The molecule has 1 rings (SSSR count). The molecule has 0 radical (unpaired) electrons. The van der Waals surface area contributed by atoms with E-state index >= 15 is 0 Å². The van der Waals surface area contributed by atoms with Gasteiger partial charge >= 0.3 is 0 Å². The van der Waals surface area contributed by atoms with Crippen LogP contribution >= 0.6 is 12.4 Å². The van der Waals surface area contributed by atoms with Crippen LogP contribution in [0.25, 0.3) is 0 Å². The molecule has 0 aromatic rings. The van der Waals surface area contributed by atoms with Gasteiger partial charge in [-0.25, -0.2) is 8.42 Å². The number of nitrogens with one attached hydrogen (secondary N) is 1. The summed E-state index contributed by atoms with van der Waals surface area (Å²) in [6.07, 6.45) is 1.29. The van der Waals surface area contributed by atoms with Crippen molar-refractivity contribution in [2.45, 2.75) is 13.0 Å². The van der Waals surface area contributed by atoms with Gasteiger partial charge in [0.05, 0.1) is 5.75 Å². The van der Waals surface area contributed by atoms with Gasteiger partial charge in [-0.2, -0.15) is 0 Å². The van der Waals surface area contributed by atoms with Gasteiger partial charge in [0.1, 0.15) is 9.84 Å². The van der Waals surface area contributed by atoms with Gasteiger partial charge in [-0.1, -0.05) is 0 Å². The number of hydrogen-bond donors (Lipinski definition) is 1. The minimum absolute atomic E-state index is 0. The Morgan fingerprint density at radius 3 is 2.18 bits per heavy atom. The minimum Gasteiger partial charge on any atom is -0.314 e. The van der Waals surface area contributed by atoms with Crippen LogP contribution in [-0.4, -0.2) is 33.0 Å². The summed E-state index contributed by atoms with van der Waals surface area (Å²) in [6.45, 7) is 2.87. The Morgan fingerprint density at radius 2 is 2.09 bits per heavy atom. The van der Waals surface area contributed by atoms with Crippen molar-refractivity contribution >= 4 is 22.2 Å². The Bertz CT molecular complexity index is 215. The molecule has 1 aliphatic heterocycles. The van der Waals surface area contributed by atoms with Crippen molar-refractivity contribution in [3.05, 3.63) is 0 Å². The first-order valence-corrected chi connectivity index (χ1v) is 5.46. The lowest BCUT2D eigenvalue weighted by atomic mass is 9.96. The van der Waals surface area contributed by atoms with Crippen LogP contribution in [0.2, 0.25) is 0 Å². The van der Waals surface area contributed by atoms with Crippen molar-refractivity contribution in [3.8, 4) is 0 Å². The molecule has 0 unspecified atom stereocenters. The van der Waals surface area contributed by atoms with E-state index < -0.39 is 9.84 Å². The fraction of sp³-hybridized carbons (Fsp3) is 1.00. The Hall–Kier alpha value is 0.200. The van der Waals surface area contributed by atoms with E-state index in [1.807, 2.05) is 6.92 Å². The maximum atomic E-state index is 10.8. The molecule has 1 fully saturated rings.